The van der Waals surface area contributed by atoms with Crippen molar-refractivity contribution in [3.05, 3.63) is 65.5 Å². The number of halogens is 1. The summed E-state index contributed by atoms with van der Waals surface area (Å²) >= 11 is 0. The number of benzene rings is 2. The van der Waals surface area contributed by atoms with Crippen LogP contribution in [0.3, 0.4) is 0 Å². The first kappa shape index (κ1) is 15.6. The van der Waals surface area contributed by atoms with Crippen LogP contribution in [0, 0.1) is 12.7 Å². The molecule has 2 aromatic carbocycles. The molecule has 0 heterocycles. The average Bonchev–Trinajstić information content (AvgIpc) is 2.48. The van der Waals surface area contributed by atoms with Crippen LogP contribution in [0.25, 0.3) is 0 Å². The molecule has 0 radical (unpaired) electrons. The van der Waals surface area contributed by atoms with Gasteiger partial charge < -0.3 is 5.73 Å². The summed E-state index contributed by atoms with van der Waals surface area (Å²) in [5, 5.41) is 0. The van der Waals surface area contributed by atoms with E-state index in [2.05, 4.69) is 4.72 Å². The maximum Gasteiger partial charge on any atom is 0.240 e. The molecule has 3 N–H and O–H groups in total. The van der Waals surface area contributed by atoms with Crippen LogP contribution in [0.5, 0.6) is 0 Å². The largest absolute Gasteiger partial charge is 0.323 e. The number of hydrogen-bond acceptors (Lipinski definition) is 3. The highest BCUT2D eigenvalue weighted by Gasteiger charge is 2.17. The quantitative estimate of drug-likeness (QED) is 0.888. The lowest BCUT2D eigenvalue weighted by Crippen LogP contribution is -2.32. The van der Waals surface area contributed by atoms with E-state index in [1.54, 1.807) is 6.92 Å². The molecule has 0 saturated carbocycles. The van der Waals surface area contributed by atoms with Crippen molar-refractivity contribution in [2.75, 3.05) is 6.54 Å². The second-order valence-corrected chi connectivity index (χ2v) is 6.55. The minimum atomic E-state index is -3.77. The van der Waals surface area contributed by atoms with E-state index in [0.29, 0.717) is 5.56 Å². The zero-order valence-electron chi connectivity index (χ0n) is 11.6. The standard InChI is InChI=1S/C15H17FN2O2S/c1-11-7-8-13(9-14(11)16)21(19,20)18-10-15(17)12-5-3-2-4-6-12/h2-9,15,18H,10,17H2,1H3. The molecule has 0 saturated heterocycles. The van der Waals surface area contributed by atoms with Gasteiger partial charge in [0.05, 0.1) is 4.90 Å². The Balaban J connectivity index is 2.09. The predicted molar refractivity (Wildman–Crippen MR) is 79.7 cm³/mol. The Kier molecular flexibility index (Phi) is 4.72. The zero-order chi connectivity index (χ0) is 15.5. The summed E-state index contributed by atoms with van der Waals surface area (Å²) in [4.78, 5) is -0.106. The van der Waals surface area contributed by atoms with Gasteiger partial charge in [0.2, 0.25) is 10.0 Å². The summed E-state index contributed by atoms with van der Waals surface area (Å²) in [5.41, 5.74) is 7.16. The lowest BCUT2D eigenvalue weighted by atomic mass is 10.1. The van der Waals surface area contributed by atoms with Crippen LogP contribution < -0.4 is 10.5 Å². The van der Waals surface area contributed by atoms with E-state index in [4.69, 9.17) is 5.73 Å². The van der Waals surface area contributed by atoms with Gasteiger partial charge in [-0.25, -0.2) is 17.5 Å². The summed E-state index contributed by atoms with van der Waals surface area (Å²) < 4.78 is 40.1. The molecule has 0 spiro atoms. The van der Waals surface area contributed by atoms with Crippen molar-refractivity contribution in [1.29, 1.82) is 0 Å². The summed E-state index contributed by atoms with van der Waals surface area (Å²) in [5.74, 6) is -0.551. The van der Waals surface area contributed by atoms with Crippen molar-refractivity contribution in [2.24, 2.45) is 5.73 Å². The van der Waals surface area contributed by atoms with E-state index in [1.807, 2.05) is 30.3 Å². The van der Waals surface area contributed by atoms with Gasteiger partial charge in [0.15, 0.2) is 0 Å². The highest BCUT2D eigenvalue weighted by atomic mass is 32.2. The van der Waals surface area contributed by atoms with E-state index in [9.17, 15) is 12.8 Å². The Bertz CT molecular complexity index is 718. The van der Waals surface area contributed by atoms with E-state index < -0.39 is 21.9 Å². The van der Waals surface area contributed by atoms with Gasteiger partial charge in [-0.3, -0.25) is 0 Å². The highest BCUT2D eigenvalue weighted by molar-refractivity contribution is 7.89. The molecule has 0 amide bonds. The lowest BCUT2D eigenvalue weighted by Gasteiger charge is -2.13. The molecule has 1 atom stereocenters. The number of nitrogens with one attached hydrogen (secondary N) is 1. The van der Waals surface area contributed by atoms with Crippen LogP contribution in [0.2, 0.25) is 0 Å². The Labute approximate surface area is 123 Å². The van der Waals surface area contributed by atoms with Gasteiger partial charge in [0.25, 0.3) is 0 Å². The fraction of sp³-hybridized carbons (Fsp3) is 0.200. The first-order valence-electron chi connectivity index (χ1n) is 6.46. The lowest BCUT2D eigenvalue weighted by molar-refractivity contribution is 0.568. The minimum Gasteiger partial charge on any atom is -0.323 e. The fourth-order valence-electron chi connectivity index (χ4n) is 1.84. The van der Waals surface area contributed by atoms with Gasteiger partial charge in [0, 0.05) is 12.6 Å². The van der Waals surface area contributed by atoms with E-state index >= 15 is 0 Å². The smallest absolute Gasteiger partial charge is 0.240 e. The van der Waals surface area contributed by atoms with Crippen molar-refractivity contribution in [2.45, 2.75) is 17.9 Å². The topological polar surface area (TPSA) is 72.2 Å². The van der Waals surface area contributed by atoms with Gasteiger partial charge in [-0.15, -0.1) is 0 Å². The predicted octanol–water partition coefficient (Wildman–Crippen LogP) is 2.11. The van der Waals surface area contributed by atoms with Crippen LogP contribution in [0.1, 0.15) is 17.2 Å². The Hall–Kier alpha value is -1.76. The molecule has 0 aliphatic heterocycles. The molecule has 2 rings (SSSR count). The first-order chi connectivity index (χ1) is 9.90. The molecule has 21 heavy (non-hydrogen) atoms. The van der Waals surface area contributed by atoms with E-state index in [1.165, 1.54) is 12.1 Å². The SMILES string of the molecule is Cc1ccc(S(=O)(=O)NCC(N)c2ccccc2)cc1F. The number of rotatable bonds is 5. The summed E-state index contributed by atoms with van der Waals surface area (Å²) in [7, 11) is -3.77. The highest BCUT2D eigenvalue weighted by Crippen LogP contribution is 2.15. The van der Waals surface area contributed by atoms with Crippen molar-refractivity contribution in [3.8, 4) is 0 Å². The number of sulfonamides is 1. The van der Waals surface area contributed by atoms with Crippen LogP contribution in [-0.4, -0.2) is 15.0 Å². The summed E-state index contributed by atoms with van der Waals surface area (Å²) in [6, 6.07) is 12.5. The third-order valence-electron chi connectivity index (χ3n) is 3.17. The monoisotopic (exact) mass is 308 g/mol. The third-order valence-corrected chi connectivity index (χ3v) is 4.60. The van der Waals surface area contributed by atoms with E-state index in [0.717, 1.165) is 11.6 Å². The summed E-state index contributed by atoms with van der Waals surface area (Å²) in [6.07, 6.45) is 0. The van der Waals surface area contributed by atoms with Crippen LogP contribution >= 0.6 is 0 Å². The Morgan fingerprint density at radius 3 is 2.48 bits per heavy atom. The van der Waals surface area contributed by atoms with Gasteiger partial charge in [-0.2, -0.15) is 0 Å². The average molecular weight is 308 g/mol. The molecule has 2 aromatic rings. The number of hydrogen-bond donors (Lipinski definition) is 2. The Morgan fingerprint density at radius 2 is 1.86 bits per heavy atom. The second-order valence-electron chi connectivity index (χ2n) is 4.78. The zero-order valence-corrected chi connectivity index (χ0v) is 12.4. The first-order valence-corrected chi connectivity index (χ1v) is 7.95. The Morgan fingerprint density at radius 1 is 1.19 bits per heavy atom. The summed E-state index contributed by atoms with van der Waals surface area (Å²) in [6.45, 7) is 1.62. The van der Waals surface area contributed by atoms with Crippen LogP contribution in [0.15, 0.2) is 53.4 Å². The minimum absolute atomic E-state index is 0.0435. The molecule has 112 valence electrons. The number of aryl methyl sites for hydroxylation is 1. The second kappa shape index (κ2) is 6.34. The molecule has 0 fully saturated rings. The van der Waals surface area contributed by atoms with Gasteiger partial charge >= 0.3 is 0 Å². The molecule has 0 aliphatic carbocycles. The van der Waals surface area contributed by atoms with Crippen LogP contribution in [-0.2, 0) is 10.0 Å². The van der Waals surface area contributed by atoms with Crippen molar-refractivity contribution < 1.29 is 12.8 Å². The molecule has 4 nitrogen and oxygen atoms in total. The molecule has 6 heteroatoms. The molecule has 1 unspecified atom stereocenters. The van der Waals surface area contributed by atoms with Gasteiger partial charge in [-0.05, 0) is 30.2 Å². The fourth-order valence-corrected chi connectivity index (χ4v) is 2.91. The van der Waals surface area contributed by atoms with Gasteiger partial charge in [-0.1, -0.05) is 36.4 Å². The van der Waals surface area contributed by atoms with Crippen molar-refractivity contribution >= 4 is 10.0 Å². The van der Waals surface area contributed by atoms with Gasteiger partial charge in [0.1, 0.15) is 5.82 Å². The molecular formula is C15H17FN2O2S. The molecule has 0 aromatic heterocycles. The maximum atomic E-state index is 13.5. The third kappa shape index (κ3) is 3.87. The maximum absolute atomic E-state index is 13.5. The van der Waals surface area contributed by atoms with E-state index in [-0.39, 0.29) is 11.4 Å². The van der Waals surface area contributed by atoms with Crippen molar-refractivity contribution in [1.82, 2.24) is 4.72 Å². The number of nitrogens with two attached hydrogens (primary N) is 1. The molecule has 0 bridgehead atoms. The molecular weight excluding hydrogens is 291 g/mol. The normalized spacial score (nSPS) is 13.1. The van der Waals surface area contributed by atoms with Crippen LogP contribution in [0.4, 0.5) is 4.39 Å². The van der Waals surface area contributed by atoms with Crippen molar-refractivity contribution in [3.63, 3.8) is 0 Å². The molecule has 0 aliphatic rings.